The van der Waals surface area contributed by atoms with Gasteiger partial charge >= 0.3 is 0 Å². The predicted octanol–water partition coefficient (Wildman–Crippen LogP) is 5.35. The lowest BCUT2D eigenvalue weighted by atomic mass is 9.95. The molecule has 0 amide bonds. The topological polar surface area (TPSA) is 12.0 Å². The van der Waals surface area contributed by atoms with Crippen LogP contribution in [0.15, 0.2) is 22.7 Å². The van der Waals surface area contributed by atoms with Gasteiger partial charge in [-0.3, -0.25) is 0 Å². The molecule has 1 saturated carbocycles. The van der Waals surface area contributed by atoms with Crippen LogP contribution in [0.2, 0.25) is 0 Å². The first-order valence-corrected chi connectivity index (χ1v) is 8.17. The van der Waals surface area contributed by atoms with E-state index >= 15 is 0 Å². The SMILES string of the molecule is CC(NC1CCCCCCC1)c1ccc(Br)cc1F. The maximum Gasteiger partial charge on any atom is 0.129 e. The van der Waals surface area contributed by atoms with Gasteiger partial charge < -0.3 is 5.32 Å². The Morgan fingerprint density at radius 2 is 1.79 bits per heavy atom. The van der Waals surface area contributed by atoms with Gasteiger partial charge in [-0.2, -0.15) is 0 Å². The summed E-state index contributed by atoms with van der Waals surface area (Å²) in [6, 6.07) is 5.95. The average molecular weight is 328 g/mol. The van der Waals surface area contributed by atoms with Crippen LogP contribution in [0.25, 0.3) is 0 Å². The van der Waals surface area contributed by atoms with E-state index in [-0.39, 0.29) is 11.9 Å². The lowest BCUT2D eigenvalue weighted by molar-refractivity contribution is 0.358. The minimum absolute atomic E-state index is 0.0810. The second-order valence-electron chi connectivity index (χ2n) is 5.60. The van der Waals surface area contributed by atoms with E-state index in [1.54, 1.807) is 6.07 Å². The molecule has 1 aromatic rings. The molecule has 1 unspecified atom stereocenters. The number of hydrogen-bond donors (Lipinski definition) is 1. The van der Waals surface area contributed by atoms with Crippen LogP contribution in [-0.2, 0) is 0 Å². The summed E-state index contributed by atoms with van der Waals surface area (Å²) in [5.74, 6) is -0.125. The number of benzene rings is 1. The van der Waals surface area contributed by atoms with Gasteiger partial charge in [0.2, 0.25) is 0 Å². The van der Waals surface area contributed by atoms with Crippen molar-refractivity contribution in [2.75, 3.05) is 0 Å². The Labute approximate surface area is 124 Å². The molecular weight excluding hydrogens is 305 g/mol. The standard InChI is InChI=1S/C16H23BrFN/c1-12(15-10-9-13(17)11-16(15)18)19-14-7-5-3-2-4-6-8-14/h9-12,14,19H,2-8H2,1H3. The number of rotatable bonds is 3. The Bertz CT molecular complexity index is 400. The normalized spacial score (nSPS) is 19.7. The van der Waals surface area contributed by atoms with E-state index in [4.69, 9.17) is 0 Å². The summed E-state index contributed by atoms with van der Waals surface area (Å²) in [4.78, 5) is 0. The van der Waals surface area contributed by atoms with Crippen molar-refractivity contribution in [1.82, 2.24) is 5.32 Å². The van der Waals surface area contributed by atoms with Gasteiger partial charge in [0.15, 0.2) is 0 Å². The van der Waals surface area contributed by atoms with Gasteiger partial charge in [0, 0.05) is 22.1 Å². The molecule has 1 nitrogen and oxygen atoms in total. The smallest absolute Gasteiger partial charge is 0.129 e. The van der Waals surface area contributed by atoms with E-state index in [2.05, 4.69) is 28.2 Å². The van der Waals surface area contributed by atoms with E-state index in [1.165, 1.54) is 44.9 Å². The Kier molecular flexibility index (Phi) is 5.83. The van der Waals surface area contributed by atoms with Crippen LogP contribution in [0.1, 0.15) is 63.5 Å². The van der Waals surface area contributed by atoms with Gasteiger partial charge in [-0.1, -0.05) is 54.1 Å². The number of nitrogens with one attached hydrogen (secondary N) is 1. The highest BCUT2D eigenvalue weighted by Gasteiger charge is 2.17. The highest BCUT2D eigenvalue weighted by molar-refractivity contribution is 9.10. The van der Waals surface area contributed by atoms with Gasteiger partial charge in [-0.15, -0.1) is 0 Å². The Morgan fingerprint density at radius 3 is 2.42 bits per heavy atom. The van der Waals surface area contributed by atoms with Crippen LogP contribution >= 0.6 is 15.9 Å². The zero-order chi connectivity index (χ0) is 13.7. The quantitative estimate of drug-likeness (QED) is 0.788. The second-order valence-corrected chi connectivity index (χ2v) is 6.51. The molecule has 0 spiro atoms. The molecule has 19 heavy (non-hydrogen) atoms. The summed E-state index contributed by atoms with van der Waals surface area (Å²) in [5, 5.41) is 3.61. The fraction of sp³-hybridized carbons (Fsp3) is 0.625. The van der Waals surface area contributed by atoms with Crippen molar-refractivity contribution >= 4 is 15.9 Å². The van der Waals surface area contributed by atoms with E-state index in [9.17, 15) is 4.39 Å². The zero-order valence-electron chi connectivity index (χ0n) is 11.6. The third-order valence-corrected chi connectivity index (χ3v) is 4.51. The zero-order valence-corrected chi connectivity index (χ0v) is 13.2. The first-order chi connectivity index (χ1) is 9.16. The van der Waals surface area contributed by atoms with Gasteiger partial charge in [0.05, 0.1) is 0 Å². The summed E-state index contributed by atoms with van der Waals surface area (Å²) < 4.78 is 14.7. The molecule has 0 aromatic heterocycles. The molecule has 0 saturated heterocycles. The van der Waals surface area contributed by atoms with Gasteiger partial charge in [-0.25, -0.2) is 4.39 Å². The molecule has 2 rings (SSSR count). The lowest BCUT2D eigenvalue weighted by Crippen LogP contribution is -2.32. The van der Waals surface area contributed by atoms with E-state index < -0.39 is 0 Å². The van der Waals surface area contributed by atoms with Crippen molar-refractivity contribution in [3.05, 3.63) is 34.1 Å². The molecule has 0 heterocycles. The molecule has 1 atom stereocenters. The Hall–Kier alpha value is -0.410. The van der Waals surface area contributed by atoms with Crippen LogP contribution in [0.3, 0.4) is 0 Å². The Morgan fingerprint density at radius 1 is 1.16 bits per heavy atom. The average Bonchev–Trinajstić information content (AvgIpc) is 2.32. The Balaban J connectivity index is 1.96. The van der Waals surface area contributed by atoms with Crippen molar-refractivity contribution in [2.24, 2.45) is 0 Å². The van der Waals surface area contributed by atoms with Crippen molar-refractivity contribution in [3.63, 3.8) is 0 Å². The third kappa shape index (κ3) is 4.57. The number of halogens is 2. The third-order valence-electron chi connectivity index (χ3n) is 4.02. The van der Waals surface area contributed by atoms with Crippen LogP contribution < -0.4 is 5.32 Å². The summed E-state index contributed by atoms with van der Waals surface area (Å²) >= 11 is 3.30. The highest BCUT2D eigenvalue weighted by atomic mass is 79.9. The molecular formula is C16H23BrFN. The maximum atomic E-state index is 13.9. The van der Waals surface area contributed by atoms with Crippen LogP contribution in [-0.4, -0.2) is 6.04 Å². The van der Waals surface area contributed by atoms with Crippen LogP contribution in [0.5, 0.6) is 0 Å². The van der Waals surface area contributed by atoms with Gasteiger partial charge in [0.25, 0.3) is 0 Å². The fourth-order valence-electron chi connectivity index (χ4n) is 2.92. The van der Waals surface area contributed by atoms with Crippen LogP contribution in [0, 0.1) is 5.82 Å². The summed E-state index contributed by atoms with van der Waals surface area (Å²) in [6.07, 6.45) is 9.12. The minimum Gasteiger partial charge on any atom is -0.307 e. The minimum atomic E-state index is -0.125. The first-order valence-electron chi connectivity index (χ1n) is 7.38. The monoisotopic (exact) mass is 327 g/mol. The lowest BCUT2D eigenvalue weighted by Gasteiger charge is -2.25. The molecule has 0 radical (unpaired) electrons. The molecule has 1 aromatic carbocycles. The molecule has 1 aliphatic carbocycles. The summed E-state index contributed by atoms with van der Waals surface area (Å²) in [6.45, 7) is 2.06. The first kappa shape index (κ1) is 15.0. The largest absolute Gasteiger partial charge is 0.307 e. The second kappa shape index (κ2) is 7.39. The number of hydrogen-bond acceptors (Lipinski definition) is 1. The van der Waals surface area contributed by atoms with Crippen molar-refractivity contribution in [1.29, 1.82) is 0 Å². The van der Waals surface area contributed by atoms with Gasteiger partial charge in [-0.05, 0) is 31.9 Å². The highest BCUT2D eigenvalue weighted by Crippen LogP contribution is 2.24. The fourth-order valence-corrected chi connectivity index (χ4v) is 3.25. The van der Waals surface area contributed by atoms with Crippen LogP contribution in [0.4, 0.5) is 4.39 Å². The van der Waals surface area contributed by atoms with Crippen molar-refractivity contribution in [3.8, 4) is 0 Å². The van der Waals surface area contributed by atoms with E-state index in [0.717, 1.165) is 10.0 Å². The predicted molar refractivity (Wildman–Crippen MR) is 81.8 cm³/mol. The van der Waals surface area contributed by atoms with E-state index in [1.807, 2.05) is 12.1 Å². The van der Waals surface area contributed by atoms with Gasteiger partial charge in [0.1, 0.15) is 5.82 Å². The molecule has 1 fully saturated rings. The molecule has 106 valence electrons. The summed E-state index contributed by atoms with van der Waals surface area (Å²) in [5.41, 5.74) is 0.769. The van der Waals surface area contributed by atoms with Crippen molar-refractivity contribution in [2.45, 2.75) is 64.0 Å². The molecule has 1 aliphatic rings. The van der Waals surface area contributed by atoms with Crippen molar-refractivity contribution < 1.29 is 4.39 Å². The molecule has 3 heteroatoms. The summed E-state index contributed by atoms with van der Waals surface area (Å²) in [7, 11) is 0. The van der Waals surface area contributed by atoms with E-state index in [0.29, 0.717) is 6.04 Å². The maximum absolute atomic E-state index is 13.9. The molecule has 0 aliphatic heterocycles. The molecule has 0 bridgehead atoms. The molecule has 1 N–H and O–H groups in total.